The van der Waals surface area contributed by atoms with Crippen LogP contribution in [0.1, 0.15) is 18.9 Å². The van der Waals surface area contributed by atoms with Crippen molar-refractivity contribution in [1.82, 2.24) is 8.61 Å². The van der Waals surface area contributed by atoms with E-state index in [1.807, 2.05) is 13.0 Å². The first kappa shape index (κ1) is 17.4. The molecule has 0 spiro atoms. The average molecular weight is 346 g/mol. The molecule has 0 radical (unpaired) electrons. The van der Waals surface area contributed by atoms with Crippen LogP contribution in [0.3, 0.4) is 0 Å². The quantitative estimate of drug-likeness (QED) is 0.766. The number of hydrogen-bond donors (Lipinski definition) is 0. The van der Waals surface area contributed by atoms with E-state index >= 15 is 0 Å². The van der Waals surface area contributed by atoms with Crippen LogP contribution in [-0.4, -0.2) is 57.4 Å². The number of hydrogen-bond acceptors (Lipinski definition) is 4. The molecule has 0 unspecified atom stereocenters. The summed E-state index contributed by atoms with van der Waals surface area (Å²) in [4.78, 5) is 0. The Balaban J connectivity index is 1.99. The Morgan fingerprint density at radius 3 is 1.86 bits per heavy atom. The highest BCUT2D eigenvalue weighted by Crippen LogP contribution is 2.15. The Hall–Kier alpha value is -0.960. The van der Waals surface area contributed by atoms with Crippen molar-refractivity contribution in [3.63, 3.8) is 0 Å². The van der Waals surface area contributed by atoms with Gasteiger partial charge in [0.2, 0.25) is 20.0 Å². The average Bonchev–Trinajstić information content (AvgIpc) is 2.48. The van der Waals surface area contributed by atoms with Crippen molar-refractivity contribution in [2.24, 2.45) is 0 Å². The predicted octanol–water partition coefficient (Wildman–Crippen LogP) is 0.874. The monoisotopic (exact) mass is 346 g/mol. The molecule has 8 heteroatoms. The SMILES string of the molecule is CCCS(=O)(=O)N1CCN(S(=O)(=O)Cc2ccccc2)CC1. The first-order valence-electron chi connectivity index (χ1n) is 7.35. The molecule has 1 fully saturated rings. The number of benzene rings is 1. The second-order valence-electron chi connectivity index (χ2n) is 5.36. The summed E-state index contributed by atoms with van der Waals surface area (Å²) in [5.74, 6) is 0.0688. The molecule has 124 valence electrons. The molecule has 6 nitrogen and oxygen atoms in total. The maximum Gasteiger partial charge on any atom is 0.218 e. The van der Waals surface area contributed by atoms with Gasteiger partial charge in [-0.05, 0) is 12.0 Å². The Morgan fingerprint density at radius 1 is 0.864 bits per heavy atom. The van der Waals surface area contributed by atoms with E-state index in [-0.39, 0.29) is 37.7 Å². The van der Waals surface area contributed by atoms with Gasteiger partial charge in [-0.15, -0.1) is 0 Å². The molecule has 1 aliphatic rings. The minimum Gasteiger partial charge on any atom is -0.212 e. The fourth-order valence-corrected chi connectivity index (χ4v) is 5.50. The lowest BCUT2D eigenvalue weighted by atomic mass is 10.2. The number of piperazine rings is 1. The molecule has 0 atom stereocenters. The molecular formula is C14H22N2O4S2. The van der Waals surface area contributed by atoms with Crippen molar-refractivity contribution < 1.29 is 16.8 Å². The Kier molecular flexibility index (Phi) is 5.60. The molecule has 1 aromatic rings. The first-order chi connectivity index (χ1) is 10.3. The predicted molar refractivity (Wildman–Crippen MR) is 86.3 cm³/mol. The summed E-state index contributed by atoms with van der Waals surface area (Å²) in [5, 5.41) is 0. The van der Waals surface area contributed by atoms with Gasteiger partial charge in [-0.3, -0.25) is 0 Å². The fourth-order valence-electron chi connectivity index (χ4n) is 2.49. The molecule has 0 aliphatic carbocycles. The highest BCUT2D eigenvalue weighted by Gasteiger charge is 2.31. The lowest BCUT2D eigenvalue weighted by molar-refractivity contribution is 0.272. The van der Waals surface area contributed by atoms with Crippen molar-refractivity contribution in [2.45, 2.75) is 19.1 Å². The van der Waals surface area contributed by atoms with Gasteiger partial charge in [0, 0.05) is 26.2 Å². The maximum atomic E-state index is 12.4. The Labute approximate surface area is 132 Å². The number of rotatable bonds is 6. The number of nitrogens with zero attached hydrogens (tertiary/aromatic N) is 2. The first-order valence-corrected chi connectivity index (χ1v) is 10.6. The van der Waals surface area contributed by atoms with E-state index in [4.69, 9.17) is 0 Å². The van der Waals surface area contributed by atoms with Crippen molar-refractivity contribution in [3.05, 3.63) is 35.9 Å². The molecule has 1 heterocycles. The highest BCUT2D eigenvalue weighted by molar-refractivity contribution is 7.89. The largest absolute Gasteiger partial charge is 0.218 e. The zero-order valence-electron chi connectivity index (χ0n) is 12.7. The summed E-state index contributed by atoms with van der Waals surface area (Å²) < 4.78 is 51.6. The molecule has 0 aromatic heterocycles. The van der Waals surface area contributed by atoms with Gasteiger partial charge in [0.25, 0.3) is 0 Å². The lowest BCUT2D eigenvalue weighted by Crippen LogP contribution is -2.51. The Morgan fingerprint density at radius 2 is 1.36 bits per heavy atom. The van der Waals surface area contributed by atoms with E-state index in [9.17, 15) is 16.8 Å². The van der Waals surface area contributed by atoms with Gasteiger partial charge in [0.05, 0.1) is 11.5 Å². The summed E-state index contributed by atoms with van der Waals surface area (Å²) in [6, 6.07) is 9.01. The molecule has 2 rings (SSSR count). The van der Waals surface area contributed by atoms with E-state index in [1.165, 1.54) is 8.61 Å². The van der Waals surface area contributed by atoms with Gasteiger partial charge >= 0.3 is 0 Å². The molecule has 0 amide bonds. The van der Waals surface area contributed by atoms with Gasteiger partial charge in [-0.1, -0.05) is 37.3 Å². The van der Waals surface area contributed by atoms with Crippen LogP contribution in [0, 0.1) is 0 Å². The van der Waals surface area contributed by atoms with Crippen LogP contribution in [0.2, 0.25) is 0 Å². The van der Waals surface area contributed by atoms with Gasteiger partial charge < -0.3 is 0 Å². The fraction of sp³-hybridized carbons (Fsp3) is 0.571. The molecule has 1 saturated heterocycles. The van der Waals surface area contributed by atoms with E-state index in [0.29, 0.717) is 6.42 Å². The Bertz CT molecular complexity index is 679. The third-order valence-corrected chi connectivity index (χ3v) is 7.56. The van der Waals surface area contributed by atoms with Crippen molar-refractivity contribution in [1.29, 1.82) is 0 Å². The summed E-state index contributed by atoms with van der Waals surface area (Å²) in [5.41, 5.74) is 0.739. The summed E-state index contributed by atoms with van der Waals surface area (Å²) in [6.45, 7) is 2.72. The highest BCUT2D eigenvalue weighted by atomic mass is 32.2. The molecule has 0 N–H and O–H groups in total. The van der Waals surface area contributed by atoms with Crippen LogP contribution >= 0.6 is 0 Å². The topological polar surface area (TPSA) is 74.8 Å². The number of sulfonamides is 2. The minimum atomic E-state index is -3.41. The summed E-state index contributed by atoms with van der Waals surface area (Å²) in [6.07, 6.45) is 0.564. The normalized spacial score (nSPS) is 18.4. The van der Waals surface area contributed by atoms with Crippen LogP contribution < -0.4 is 0 Å². The second kappa shape index (κ2) is 7.08. The standard InChI is InChI=1S/C14H22N2O4S2/c1-2-12-21(17,18)15-8-10-16(11-9-15)22(19,20)13-14-6-4-3-5-7-14/h3-7H,2,8-13H2,1H3. The molecule has 1 aromatic carbocycles. The van der Waals surface area contributed by atoms with Gasteiger partial charge in [0.15, 0.2) is 0 Å². The van der Waals surface area contributed by atoms with Crippen molar-refractivity contribution in [2.75, 3.05) is 31.9 Å². The van der Waals surface area contributed by atoms with Crippen LogP contribution in [0.4, 0.5) is 0 Å². The molecule has 1 aliphatic heterocycles. The molecule has 0 saturated carbocycles. The van der Waals surface area contributed by atoms with Gasteiger partial charge in [-0.2, -0.15) is 8.61 Å². The zero-order chi connectivity index (χ0) is 16.2. The molecule has 22 heavy (non-hydrogen) atoms. The van der Waals surface area contributed by atoms with Crippen LogP contribution in [-0.2, 0) is 25.8 Å². The zero-order valence-corrected chi connectivity index (χ0v) is 14.3. The van der Waals surface area contributed by atoms with Crippen molar-refractivity contribution in [3.8, 4) is 0 Å². The van der Waals surface area contributed by atoms with Gasteiger partial charge in [-0.25, -0.2) is 16.8 Å². The van der Waals surface area contributed by atoms with Crippen LogP contribution in [0.15, 0.2) is 30.3 Å². The smallest absolute Gasteiger partial charge is 0.212 e. The van der Waals surface area contributed by atoms with Gasteiger partial charge in [0.1, 0.15) is 0 Å². The van der Waals surface area contributed by atoms with E-state index in [0.717, 1.165) is 5.56 Å². The molecule has 0 bridgehead atoms. The van der Waals surface area contributed by atoms with E-state index in [1.54, 1.807) is 24.3 Å². The maximum absolute atomic E-state index is 12.4. The van der Waals surface area contributed by atoms with Crippen LogP contribution in [0.25, 0.3) is 0 Å². The van der Waals surface area contributed by atoms with E-state index in [2.05, 4.69) is 0 Å². The van der Waals surface area contributed by atoms with Crippen molar-refractivity contribution >= 4 is 20.0 Å². The molecular weight excluding hydrogens is 324 g/mol. The summed E-state index contributed by atoms with van der Waals surface area (Å²) in [7, 11) is -6.66. The minimum absolute atomic E-state index is 0.0461. The van der Waals surface area contributed by atoms with Crippen LogP contribution in [0.5, 0.6) is 0 Å². The second-order valence-corrected chi connectivity index (χ2v) is 9.41. The third-order valence-electron chi connectivity index (χ3n) is 3.64. The van der Waals surface area contributed by atoms with E-state index < -0.39 is 20.0 Å². The lowest BCUT2D eigenvalue weighted by Gasteiger charge is -2.33. The summed E-state index contributed by atoms with van der Waals surface area (Å²) >= 11 is 0. The third kappa shape index (κ3) is 4.28.